The van der Waals surface area contributed by atoms with E-state index in [9.17, 15) is 31.1 Å². The fourth-order valence-corrected chi connectivity index (χ4v) is 4.18. The molecule has 10 nitrogen and oxygen atoms in total. The standard InChI is InChI=1S/C18H25N3O3.2C2HF3O2/c22-18(21-7-1-2-8-24-21)17-13-23-12-15-10-20(11-16(15)17)9-14-3-5-19-6-4-14;2*3-2(4,5)1(6)7/h3-6,15-17H,1-2,7-13H2;2*(H,6,7)/t15-,16-,17+;;/m1../s1. The van der Waals surface area contributed by atoms with Gasteiger partial charge in [0.1, 0.15) is 0 Å². The number of likely N-dealkylation sites (tertiary alicyclic amines) is 1. The van der Waals surface area contributed by atoms with Crippen molar-refractivity contribution in [2.24, 2.45) is 17.8 Å². The van der Waals surface area contributed by atoms with Crippen LogP contribution in [-0.4, -0.2) is 94.8 Å². The van der Waals surface area contributed by atoms with Crippen LogP contribution in [0.5, 0.6) is 0 Å². The molecule has 3 fully saturated rings. The van der Waals surface area contributed by atoms with Crippen molar-refractivity contribution in [2.75, 3.05) is 39.5 Å². The molecular weight excluding hydrogens is 532 g/mol. The van der Waals surface area contributed by atoms with Gasteiger partial charge in [-0.25, -0.2) is 14.7 Å². The van der Waals surface area contributed by atoms with Gasteiger partial charge in [0.25, 0.3) is 5.91 Å². The Balaban J connectivity index is 0.000000301. The number of rotatable bonds is 3. The number of aliphatic carboxylic acids is 2. The van der Waals surface area contributed by atoms with Crippen LogP contribution in [0.3, 0.4) is 0 Å². The molecule has 1 aromatic rings. The summed E-state index contributed by atoms with van der Waals surface area (Å²) in [6.07, 6.45) is -4.43. The zero-order valence-electron chi connectivity index (χ0n) is 20.0. The van der Waals surface area contributed by atoms with E-state index in [1.807, 2.05) is 12.4 Å². The van der Waals surface area contributed by atoms with Crippen LogP contribution in [0.15, 0.2) is 24.5 Å². The average Bonchev–Trinajstić information content (AvgIpc) is 3.27. The van der Waals surface area contributed by atoms with Crippen LogP contribution in [0.25, 0.3) is 0 Å². The normalized spacial score (nSPS) is 23.7. The lowest BCUT2D eigenvalue weighted by Crippen LogP contribution is -2.47. The third-order valence-electron chi connectivity index (χ3n) is 5.92. The highest BCUT2D eigenvalue weighted by Gasteiger charge is 2.45. The van der Waals surface area contributed by atoms with Crippen molar-refractivity contribution in [1.82, 2.24) is 14.9 Å². The predicted octanol–water partition coefficient (Wildman–Crippen LogP) is 2.60. The van der Waals surface area contributed by atoms with Gasteiger partial charge in [-0.05, 0) is 42.4 Å². The fraction of sp³-hybridized carbons (Fsp3) is 0.636. The van der Waals surface area contributed by atoms with Gasteiger partial charge in [0.05, 0.1) is 25.7 Å². The molecule has 0 radical (unpaired) electrons. The Kier molecular flexibility index (Phi) is 11.3. The first kappa shape index (κ1) is 31.2. The molecule has 3 aliphatic rings. The molecule has 3 atom stereocenters. The van der Waals surface area contributed by atoms with Crippen LogP contribution in [0.4, 0.5) is 26.3 Å². The van der Waals surface area contributed by atoms with Crippen LogP contribution >= 0.6 is 0 Å². The Hall–Kier alpha value is -2.98. The molecule has 0 aliphatic carbocycles. The topological polar surface area (TPSA) is 129 Å². The van der Waals surface area contributed by atoms with Crippen molar-refractivity contribution in [3.8, 4) is 0 Å². The number of hydrogen-bond donors (Lipinski definition) is 2. The molecule has 214 valence electrons. The first-order valence-corrected chi connectivity index (χ1v) is 11.4. The fourth-order valence-electron chi connectivity index (χ4n) is 4.18. The van der Waals surface area contributed by atoms with E-state index in [1.54, 1.807) is 5.06 Å². The minimum absolute atomic E-state index is 0.0655. The molecule has 1 aromatic heterocycles. The second-order valence-electron chi connectivity index (χ2n) is 8.70. The van der Waals surface area contributed by atoms with Crippen molar-refractivity contribution in [1.29, 1.82) is 0 Å². The predicted molar refractivity (Wildman–Crippen MR) is 115 cm³/mol. The van der Waals surface area contributed by atoms with Gasteiger partial charge in [-0.2, -0.15) is 26.3 Å². The summed E-state index contributed by atoms with van der Waals surface area (Å²) in [5.41, 5.74) is 1.27. The second kappa shape index (κ2) is 13.7. The van der Waals surface area contributed by atoms with Gasteiger partial charge >= 0.3 is 24.3 Å². The van der Waals surface area contributed by atoms with Crippen LogP contribution < -0.4 is 0 Å². The first-order valence-electron chi connectivity index (χ1n) is 11.4. The Bertz CT molecular complexity index is 902. The number of carboxylic acids is 2. The van der Waals surface area contributed by atoms with E-state index in [-0.39, 0.29) is 11.8 Å². The zero-order valence-corrected chi connectivity index (χ0v) is 20.0. The number of carboxylic acid groups (broad SMARTS) is 2. The summed E-state index contributed by atoms with van der Waals surface area (Å²) < 4.78 is 69.2. The molecule has 2 N–H and O–H groups in total. The number of pyridine rings is 1. The number of carbonyl (C=O) groups excluding carboxylic acids is 1. The Morgan fingerprint density at radius 3 is 2.03 bits per heavy atom. The van der Waals surface area contributed by atoms with E-state index in [2.05, 4.69) is 22.0 Å². The SMILES string of the molecule is O=C(O)C(F)(F)F.O=C(O)C(F)(F)F.O=C([C@H]1COC[C@H]2CN(Cc3ccncc3)C[C@H]21)N1CCCCO1. The van der Waals surface area contributed by atoms with Crippen LogP contribution in [0, 0.1) is 17.8 Å². The smallest absolute Gasteiger partial charge is 0.475 e. The molecule has 4 heterocycles. The summed E-state index contributed by atoms with van der Waals surface area (Å²) >= 11 is 0. The van der Waals surface area contributed by atoms with E-state index >= 15 is 0 Å². The van der Waals surface area contributed by atoms with Gasteiger partial charge in [-0.15, -0.1) is 0 Å². The lowest BCUT2D eigenvalue weighted by atomic mass is 9.82. The number of hydrogen-bond acceptors (Lipinski definition) is 7. The summed E-state index contributed by atoms with van der Waals surface area (Å²) in [5.74, 6) is -4.64. The van der Waals surface area contributed by atoms with Gasteiger partial charge in [-0.3, -0.25) is 19.5 Å². The van der Waals surface area contributed by atoms with Crippen molar-refractivity contribution in [3.05, 3.63) is 30.1 Å². The third-order valence-corrected chi connectivity index (χ3v) is 5.92. The Labute approximate surface area is 213 Å². The summed E-state index contributed by atoms with van der Waals surface area (Å²) in [6, 6.07) is 4.12. The van der Waals surface area contributed by atoms with E-state index < -0.39 is 24.3 Å². The summed E-state index contributed by atoms with van der Waals surface area (Å²) in [4.78, 5) is 42.7. The molecule has 3 saturated heterocycles. The number of aromatic nitrogens is 1. The molecule has 0 spiro atoms. The number of alkyl halides is 6. The molecule has 3 aliphatic heterocycles. The molecule has 38 heavy (non-hydrogen) atoms. The van der Waals surface area contributed by atoms with E-state index in [4.69, 9.17) is 29.4 Å². The maximum atomic E-state index is 12.9. The zero-order chi connectivity index (χ0) is 28.5. The lowest BCUT2D eigenvalue weighted by molar-refractivity contribution is -0.207. The minimum Gasteiger partial charge on any atom is -0.475 e. The molecule has 16 heteroatoms. The van der Waals surface area contributed by atoms with Crippen LogP contribution in [0.2, 0.25) is 0 Å². The molecule has 0 unspecified atom stereocenters. The number of amides is 1. The summed E-state index contributed by atoms with van der Waals surface area (Å²) in [5, 5.41) is 15.8. The van der Waals surface area contributed by atoms with Gasteiger partial charge in [0, 0.05) is 38.6 Å². The lowest BCUT2D eigenvalue weighted by Gasteiger charge is -2.36. The quantitative estimate of drug-likeness (QED) is 0.537. The molecule has 0 saturated carbocycles. The highest BCUT2D eigenvalue weighted by Crippen LogP contribution is 2.36. The van der Waals surface area contributed by atoms with Gasteiger partial charge in [0.2, 0.25) is 0 Å². The minimum atomic E-state index is -5.08. The largest absolute Gasteiger partial charge is 0.490 e. The molecule has 0 bridgehead atoms. The van der Waals surface area contributed by atoms with Crippen molar-refractivity contribution >= 4 is 17.8 Å². The summed E-state index contributed by atoms with van der Waals surface area (Å²) in [6.45, 7) is 5.54. The number of carbonyl (C=O) groups is 3. The van der Waals surface area contributed by atoms with E-state index in [0.29, 0.717) is 31.6 Å². The van der Waals surface area contributed by atoms with Gasteiger partial charge in [-0.1, -0.05) is 0 Å². The highest BCUT2D eigenvalue weighted by atomic mass is 19.4. The second-order valence-corrected chi connectivity index (χ2v) is 8.70. The van der Waals surface area contributed by atoms with E-state index in [1.165, 1.54) is 5.56 Å². The number of nitrogens with zero attached hydrogens (tertiary/aromatic N) is 3. The highest BCUT2D eigenvalue weighted by molar-refractivity contribution is 5.78. The van der Waals surface area contributed by atoms with Crippen LogP contribution in [-0.2, 0) is 30.5 Å². The first-order chi connectivity index (χ1) is 17.7. The Morgan fingerprint density at radius 2 is 1.53 bits per heavy atom. The van der Waals surface area contributed by atoms with Crippen LogP contribution in [0.1, 0.15) is 18.4 Å². The maximum Gasteiger partial charge on any atom is 0.490 e. The molecular formula is C22H27F6N3O7. The van der Waals surface area contributed by atoms with Crippen molar-refractivity contribution < 1.29 is 60.5 Å². The molecule has 4 rings (SSSR count). The maximum absolute atomic E-state index is 12.9. The number of fused-ring (bicyclic) bond motifs is 1. The molecule has 0 aromatic carbocycles. The van der Waals surface area contributed by atoms with Crippen molar-refractivity contribution in [3.63, 3.8) is 0 Å². The number of halogens is 6. The number of hydroxylamine groups is 2. The number of ether oxygens (including phenoxy) is 1. The van der Waals surface area contributed by atoms with Gasteiger partial charge in [0.15, 0.2) is 0 Å². The van der Waals surface area contributed by atoms with E-state index in [0.717, 1.165) is 39.1 Å². The van der Waals surface area contributed by atoms with Crippen molar-refractivity contribution in [2.45, 2.75) is 31.7 Å². The molecule has 1 amide bonds. The van der Waals surface area contributed by atoms with Gasteiger partial charge < -0.3 is 14.9 Å². The average molecular weight is 559 g/mol. The Morgan fingerprint density at radius 1 is 0.947 bits per heavy atom. The monoisotopic (exact) mass is 559 g/mol. The summed E-state index contributed by atoms with van der Waals surface area (Å²) in [7, 11) is 0. The third kappa shape index (κ3) is 9.72.